The first-order chi connectivity index (χ1) is 15.1. The lowest BCUT2D eigenvalue weighted by molar-refractivity contribution is 0.0628. The fourth-order valence-corrected chi connectivity index (χ4v) is 4.27. The molecule has 1 aliphatic rings. The zero-order chi connectivity index (χ0) is 21.6. The highest BCUT2D eigenvalue weighted by Gasteiger charge is 2.22. The fourth-order valence-electron chi connectivity index (χ4n) is 3.68. The Morgan fingerprint density at radius 2 is 1.71 bits per heavy atom. The highest BCUT2D eigenvalue weighted by molar-refractivity contribution is 9.10. The average molecular weight is 500 g/mol. The summed E-state index contributed by atoms with van der Waals surface area (Å²) in [5, 5.41) is 0.639. The van der Waals surface area contributed by atoms with Gasteiger partial charge in [0, 0.05) is 47.8 Å². The first-order valence-electron chi connectivity index (χ1n) is 10.3. The number of hydrogen-bond acceptors (Lipinski definition) is 3. The van der Waals surface area contributed by atoms with Crippen molar-refractivity contribution in [1.29, 1.82) is 0 Å². The van der Waals surface area contributed by atoms with Gasteiger partial charge in [0.25, 0.3) is 5.91 Å². The molecule has 0 spiro atoms. The number of hydrogen-bond donors (Lipinski definition) is 0. The van der Waals surface area contributed by atoms with E-state index in [1.54, 1.807) is 6.07 Å². The Morgan fingerprint density at radius 3 is 2.48 bits per heavy atom. The van der Waals surface area contributed by atoms with Gasteiger partial charge in [0.05, 0.1) is 0 Å². The average Bonchev–Trinajstić information content (AvgIpc) is 2.79. The first kappa shape index (κ1) is 21.9. The van der Waals surface area contributed by atoms with Crippen molar-refractivity contribution < 1.29 is 9.53 Å². The molecule has 0 atom stereocenters. The summed E-state index contributed by atoms with van der Waals surface area (Å²) in [5.74, 6) is 0.788. The van der Waals surface area contributed by atoms with Gasteiger partial charge in [0.15, 0.2) is 0 Å². The van der Waals surface area contributed by atoms with Crippen LogP contribution in [0.25, 0.3) is 0 Å². The van der Waals surface area contributed by atoms with Crippen LogP contribution in [0.15, 0.2) is 77.3 Å². The van der Waals surface area contributed by atoms with Crippen molar-refractivity contribution in [2.24, 2.45) is 0 Å². The van der Waals surface area contributed by atoms with Crippen molar-refractivity contribution in [3.63, 3.8) is 0 Å². The van der Waals surface area contributed by atoms with E-state index in [0.717, 1.165) is 42.8 Å². The molecule has 0 saturated carbocycles. The molecule has 31 heavy (non-hydrogen) atoms. The number of carbonyl (C=O) groups excluding carboxylic acids is 1. The number of ether oxygens (including phenoxy) is 1. The number of carbonyl (C=O) groups is 1. The van der Waals surface area contributed by atoms with Crippen LogP contribution >= 0.6 is 27.5 Å². The Bertz CT molecular complexity index is 1050. The maximum atomic E-state index is 13.0. The highest BCUT2D eigenvalue weighted by atomic mass is 79.9. The van der Waals surface area contributed by atoms with Gasteiger partial charge in [0.1, 0.15) is 12.4 Å². The third-order valence-electron chi connectivity index (χ3n) is 5.39. The van der Waals surface area contributed by atoms with E-state index in [2.05, 4.69) is 39.0 Å². The van der Waals surface area contributed by atoms with Crippen LogP contribution in [0.1, 0.15) is 21.5 Å². The molecule has 1 aliphatic heterocycles. The molecule has 6 heteroatoms. The summed E-state index contributed by atoms with van der Waals surface area (Å²) in [6.45, 7) is 4.47. The van der Waals surface area contributed by atoms with Crippen LogP contribution < -0.4 is 4.74 Å². The van der Waals surface area contributed by atoms with Gasteiger partial charge in [-0.2, -0.15) is 0 Å². The van der Waals surface area contributed by atoms with Crippen molar-refractivity contribution in [3.8, 4) is 5.75 Å². The molecular weight excluding hydrogens is 476 g/mol. The third-order valence-corrected chi connectivity index (χ3v) is 6.40. The molecular formula is C25H24BrClN2O2. The Balaban J connectivity index is 1.32. The topological polar surface area (TPSA) is 32.8 Å². The third kappa shape index (κ3) is 5.88. The zero-order valence-electron chi connectivity index (χ0n) is 17.1. The smallest absolute Gasteiger partial charge is 0.253 e. The molecule has 3 aromatic carbocycles. The van der Waals surface area contributed by atoms with E-state index in [4.69, 9.17) is 16.3 Å². The number of piperazine rings is 1. The molecule has 0 aromatic heterocycles. The van der Waals surface area contributed by atoms with Gasteiger partial charge in [-0.15, -0.1) is 0 Å². The summed E-state index contributed by atoms with van der Waals surface area (Å²) in [4.78, 5) is 17.4. The number of amides is 1. The van der Waals surface area contributed by atoms with Crippen LogP contribution in [0, 0.1) is 0 Å². The summed E-state index contributed by atoms with van der Waals surface area (Å²) >= 11 is 9.63. The quantitative estimate of drug-likeness (QED) is 0.440. The first-order valence-corrected chi connectivity index (χ1v) is 11.5. The summed E-state index contributed by atoms with van der Waals surface area (Å²) in [7, 11) is 0. The summed E-state index contributed by atoms with van der Waals surface area (Å²) in [6, 6.07) is 23.3. The van der Waals surface area contributed by atoms with Gasteiger partial charge in [0.2, 0.25) is 0 Å². The SMILES string of the molecule is O=C(c1cccc(COc2cccc(Cl)c2)c1)N1CCN(Cc2ccccc2Br)CC1. The predicted molar refractivity (Wildman–Crippen MR) is 128 cm³/mol. The van der Waals surface area contributed by atoms with Crippen LogP contribution in [0.4, 0.5) is 0 Å². The monoisotopic (exact) mass is 498 g/mol. The molecule has 160 valence electrons. The van der Waals surface area contributed by atoms with Gasteiger partial charge in [-0.05, 0) is 47.5 Å². The Labute approximate surface area is 196 Å². The van der Waals surface area contributed by atoms with Crippen molar-refractivity contribution in [2.75, 3.05) is 26.2 Å². The largest absolute Gasteiger partial charge is 0.489 e. The molecule has 0 unspecified atom stereocenters. The second-order valence-corrected chi connectivity index (χ2v) is 8.90. The molecule has 0 N–H and O–H groups in total. The standard InChI is InChI=1S/C25H24BrClN2O2/c26-24-10-2-1-6-21(24)17-28-11-13-29(14-12-28)25(30)20-7-3-5-19(15-20)18-31-23-9-4-8-22(27)16-23/h1-10,15-16H,11-14,17-18H2. The molecule has 1 heterocycles. The van der Waals surface area contributed by atoms with E-state index in [9.17, 15) is 4.79 Å². The maximum absolute atomic E-state index is 13.0. The Hall–Kier alpha value is -2.34. The van der Waals surface area contributed by atoms with E-state index in [1.807, 2.05) is 53.4 Å². The normalized spacial score (nSPS) is 14.5. The molecule has 3 aromatic rings. The van der Waals surface area contributed by atoms with Gasteiger partial charge in [-0.1, -0.05) is 63.9 Å². The molecule has 0 bridgehead atoms. The fraction of sp³-hybridized carbons (Fsp3) is 0.240. The van der Waals surface area contributed by atoms with Crippen LogP contribution in [-0.4, -0.2) is 41.9 Å². The molecule has 4 nitrogen and oxygen atoms in total. The number of benzene rings is 3. The molecule has 4 rings (SSSR count). The lowest BCUT2D eigenvalue weighted by Crippen LogP contribution is -2.48. The Morgan fingerprint density at radius 1 is 0.935 bits per heavy atom. The van der Waals surface area contributed by atoms with Crippen LogP contribution in [0.2, 0.25) is 5.02 Å². The van der Waals surface area contributed by atoms with Crippen LogP contribution in [0.5, 0.6) is 5.75 Å². The van der Waals surface area contributed by atoms with E-state index in [-0.39, 0.29) is 5.91 Å². The van der Waals surface area contributed by atoms with Crippen LogP contribution in [-0.2, 0) is 13.2 Å². The van der Waals surface area contributed by atoms with Gasteiger partial charge in [-0.25, -0.2) is 0 Å². The molecule has 1 saturated heterocycles. The minimum absolute atomic E-state index is 0.0742. The second kappa shape index (κ2) is 10.3. The molecule has 1 fully saturated rings. The van der Waals surface area contributed by atoms with E-state index < -0.39 is 0 Å². The van der Waals surface area contributed by atoms with Gasteiger partial charge in [-0.3, -0.25) is 9.69 Å². The van der Waals surface area contributed by atoms with E-state index in [1.165, 1.54) is 5.56 Å². The maximum Gasteiger partial charge on any atom is 0.253 e. The molecule has 0 radical (unpaired) electrons. The minimum atomic E-state index is 0.0742. The number of rotatable bonds is 6. The predicted octanol–water partition coefficient (Wildman–Crippen LogP) is 5.64. The highest BCUT2D eigenvalue weighted by Crippen LogP contribution is 2.20. The van der Waals surface area contributed by atoms with E-state index >= 15 is 0 Å². The van der Waals surface area contributed by atoms with Crippen LogP contribution in [0.3, 0.4) is 0 Å². The van der Waals surface area contributed by atoms with Gasteiger partial charge >= 0.3 is 0 Å². The minimum Gasteiger partial charge on any atom is -0.489 e. The van der Waals surface area contributed by atoms with Crippen molar-refractivity contribution >= 4 is 33.4 Å². The molecule has 1 amide bonds. The summed E-state index contributed by atoms with van der Waals surface area (Å²) in [6.07, 6.45) is 0. The second-order valence-electron chi connectivity index (χ2n) is 7.61. The Kier molecular flexibility index (Phi) is 7.28. The lowest BCUT2D eigenvalue weighted by atomic mass is 10.1. The molecule has 0 aliphatic carbocycles. The lowest BCUT2D eigenvalue weighted by Gasteiger charge is -2.35. The van der Waals surface area contributed by atoms with Crippen molar-refractivity contribution in [1.82, 2.24) is 9.80 Å². The van der Waals surface area contributed by atoms with Crippen molar-refractivity contribution in [2.45, 2.75) is 13.2 Å². The van der Waals surface area contributed by atoms with Gasteiger partial charge < -0.3 is 9.64 Å². The van der Waals surface area contributed by atoms with Crippen molar-refractivity contribution in [3.05, 3.63) is 99.0 Å². The summed E-state index contributed by atoms with van der Waals surface area (Å²) < 4.78 is 6.94. The number of nitrogens with zero attached hydrogens (tertiary/aromatic N) is 2. The summed E-state index contributed by atoms with van der Waals surface area (Å²) in [5.41, 5.74) is 2.93. The number of halogens is 2. The van der Waals surface area contributed by atoms with E-state index in [0.29, 0.717) is 22.9 Å². The zero-order valence-corrected chi connectivity index (χ0v) is 19.5.